The molecule has 0 fully saturated rings. The molecule has 4 nitrogen and oxygen atoms in total. The zero-order valence-electron chi connectivity index (χ0n) is 22.2. The van der Waals surface area contributed by atoms with Crippen LogP contribution in [-0.4, -0.2) is 57.3 Å². The van der Waals surface area contributed by atoms with Gasteiger partial charge in [-0.2, -0.15) is 0 Å². The van der Waals surface area contributed by atoms with E-state index in [1.54, 1.807) is 0 Å². The van der Waals surface area contributed by atoms with Crippen LogP contribution in [0.4, 0.5) is 5.69 Å². The standard InChI is InChI=1S/C33H36N2O2/c1-34(2,25-26-15-17-29(18-16-26)32(36)27-11-7-5-8-12-27)23-24-35(3,4)31-21-19-30(20-22-31)33(37)28-13-9-6-10-14-28/h5-22H,23-25H2,1-4H3/q+2. The first-order valence-corrected chi connectivity index (χ1v) is 12.7. The molecule has 0 saturated heterocycles. The van der Waals surface area contributed by atoms with E-state index in [0.29, 0.717) is 22.3 Å². The van der Waals surface area contributed by atoms with Crippen molar-refractivity contribution >= 4 is 17.3 Å². The molecule has 4 aromatic carbocycles. The Morgan fingerprint density at radius 1 is 0.514 bits per heavy atom. The Kier molecular flexibility index (Phi) is 7.82. The number of carbonyl (C=O) groups is 2. The van der Waals surface area contributed by atoms with Crippen molar-refractivity contribution in [3.63, 3.8) is 0 Å². The van der Waals surface area contributed by atoms with Crippen molar-refractivity contribution in [1.82, 2.24) is 4.48 Å². The molecule has 0 saturated carbocycles. The summed E-state index contributed by atoms with van der Waals surface area (Å²) in [6.45, 7) is 2.80. The average Bonchev–Trinajstić information content (AvgIpc) is 2.92. The molecule has 0 aliphatic rings. The molecule has 4 heteroatoms. The van der Waals surface area contributed by atoms with Crippen LogP contribution in [0.5, 0.6) is 0 Å². The van der Waals surface area contributed by atoms with Gasteiger partial charge in [-0.3, -0.25) is 14.1 Å². The number of benzene rings is 4. The van der Waals surface area contributed by atoms with Crippen molar-refractivity contribution < 1.29 is 14.1 Å². The van der Waals surface area contributed by atoms with E-state index in [-0.39, 0.29) is 11.6 Å². The topological polar surface area (TPSA) is 34.1 Å². The predicted molar refractivity (Wildman–Crippen MR) is 152 cm³/mol. The number of rotatable bonds is 10. The molecule has 0 aliphatic carbocycles. The van der Waals surface area contributed by atoms with Crippen LogP contribution in [-0.2, 0) is 6.54 Å². The Labute approximate surface area is 220 Å². The molecule has 4 rings (SSSR count). The van der Waals surface area contributed by atoms with Gasteiger partial charge in [0.25, 0.3) is 0 Å². The molecular weight excluding hydrogens is 456 g/mol. The number of carbonyl (C=O) groups excluding carboxylic acids is 2. The molecule has 0 radical (unpaired) electrons. The lowest BCUT2D eigenvalue weighted by molar-refractivity contribution is -0.903. The van der Waals surface area contributed by atoms with E-state index in [9.17, 15) is 9.59 Å². The second-order valence-corrected chi connectivity index (χ2v) is 10.9. The van der Waals surface area contributed by atoms with E-state index in [2.05, 4.69) is 52.5 Å². The third-order valence-electron chi connectivity index (χ3n) is 6.99. The number of hydrogen-bond donors (Lipinski definition) is 0. The molecule has 0 spiro atoms. The van der Waals surface area contributed by atoms with E-state index in [4.69, 9.17) is 0 Å². The molecule has 0 unspecified atom stereocenters. The van der Waals surface area contributed by atoms with Crippen LogP contribution in [0.15, 0.2) is 109 Å². The summed E-state index contributed by atoms with van der Waals surface area (Å²) in [5.74, 6) is 0.100. The maximum absolute atomic E-state index is 12.7. The van der Waals surface area contributed by atoms with Crippen LogP contribution in [0.3, 0.4) is 0 Å². The number of ketones is 2. The fraction of sp³-hybridized carbons (Fsp3) is 0.212. The normalized spacial score (nSPS) is 11.8. The first-order valence-electron chi connectivity index (χ1n) is 12.7. The van der Waals surface area contributed by atoms with Crippen LogP contribution in [0.2, 0.25) is 0 Å². The van der Waals surface area contributed by atoms with Gasteiger partial charge in [-0.1, -0.05) is 84.9 Å². The van der Waals surface area contributed by atoms with Gasteiger partial charge in [-0.05, 0) is 24.3 Å². The lowest BCUT2D eigenvalue weighted by atomic mass is 10.0. The van der Waals surface area contributed by atoms with Gasteiger partial charge >= 0.3 is 0 Å². The van der Waals surface area contributed by atoms with E-state index in [1.165, 1.54) is 11.3 Å². The SMILES string of the molecule is C[N+](C)(CC[N+](C)(C)c1ccc(C(=O)c2ccccc2)cc1)Cc1ccc(C(=O)c2ccccc2)cc1. The highest BCUT2D eigenvalue weighted by Gasteiger charge is 2.25. The van der Waals surface area contributed by atoms with Crippen molar-refractivity contribution in [2.24, 2.45) is 0 Å². The van der Waals surface area contributed by atoms with Crippen molar-refractivity contribution in [3.05, 3.63) is 137 Å². The Morgan fingerprint density at radius 2 is 0.919 bits per heavy atom. The Balaban J connectivity index is 1.36. The van der Waals surface area contributed by atoms with Crippen LogP contribution >= 0.6 is 0 Å². The van der Waals surface area contributed by atoms with E-state index >= 15 is 0 Å². The van der Waals surface area contributed by atoms with Gasteiger partial charge < -0.3 is 4.48 Å². The molecule has 0 atom stereocenters. The smallest absolute Gasteiger partial charge is 0.193 e. The Morgan fingerprint density at radius 3 is 1.38 bits per heavy atom. The Hall–Kier alpha value is -3.86. The zero-order chi connectivity index (χ0) is 26.5. The minimum Gasteiger partial charge on any atom is -0.320 e. The van der Waals surface area contributed by atoms with Crippen LogP contribution in [0.1, 0.15) is 37.4 Å². The van der Waals surface area contributed by atoms with Gasteiger partial charge in [0, 0.05) is 27.8 Å². The monoisotopic (exact) mass is 492 g/mol. The molecule has 4 aromatic rings. The average molecular weight is 493 g/mol. The summed E-state index contributed by atoms with van der Waals surface area (Å²) in [5, 5.41) is 0. The number of hydrogen-bond acceptors (Lipinski definition) is 2. The molecule has 188 valence electrons. The first-order chi connectivity index (χ1) is 17.6. The van der Waals surface area contributed by atoms with E-state index in [0.717, 1.165) is 28.6 Å². The highest BCUT2D eigenvalue weighted by molar-refractivity contribution is 6.09. The molecule has 0 aromatic heterocycles. The molecular formula is C33H36N2O2+2. The summed E-state index contributed by atoms with van der Waals surface area (Å²) in [5.41, 5.74) is 5.23. The number of likely N-dealkylation sites (N-methyl/N-ethyl adjacent to an activating group) is 2. The van der Waals surface area contributed by atoms with Crippen LogP contribution < -0.4 is 4.48 Å². The minimum atomic E-state index is 0.0479. The molecule has 0 bridgehead atoms. The molecule has 0 N–H and O–H groups in total. The summed E-state index contributed by atoms with van der Waals surface area (Å²) >= 11 is 0. The fourth-order valence-electron chi connectivity index (χ4n) is 4.51. The molecule has 0 amide bonds. The molecule has 0 aliphatic heterocycles. The highest BCUT2D eigenvalue weighted by Crippen LogP contribution is 2.22. The summed E-state index contributed by atoms with van der Waals surface area (Å²) in [7, 11) is 8.89. The van der Waals surface area contributed by atoms with E-state index in [1.807, 2.05) is 84.9 Å². The van der Waals surface area contributed by atoms with Gasteiger partial charge in [-0.25, -0.2) is 0 Å². The van der Waals surface area contributed by atoms with Crippen molar-refractivity contribution in [1.29, 1.82) is 0 Å². The zero-order valence-corrected chi connectivity index (χ0v) is 22.2. The van der Waals surface area contributed by atoms with E-state index < -0.39 is 0 Å². The Bertz CT molecular complexity index is 1340. The summed E-state index contributed by atoms with van der Waals surface area (Å²) in [4.78, 5) is 25.4. The van der Waals surface area contributed by atoms with Crippen LogP contribution in [0, 0.1) is 0 Å². The third-order valence-corrected chi connectivity index (χ3v) is 6.99. The van der Waals surface area contributed by atoms with Gasteiger partial charge in [-0.15, -0.1) is 0 Å². The van der Waals surface area contributed by atoms with Crippen molar-refractivity contribution in [2.75, 3.05) is 41.3 Å². The quantitative estimate of drug-likeness (QED) is 0.201. The summed E-state index contributed by atoms with van der Waals surface area (Å²) in [6.07, 6.45) is 0. The van der Waals surface area contributed by atoms with Crippen LogP contribution in [0.25, 0.3) is 0 Å². The summed E-state index contributed by atoms with van der Waals surface area (Å²) < 4.78 is 1.56. The number of nitrogens with zero attached hydrogens (tertiary/aromatic N) is 2. The molecule has 37 heavy (non-hydrogen) atoms. The third kappa shape index (κ3) is 6.67. The van der Waals surface area contributed by atoms with Crippen molar-refractivity contribution in [3.8, 4) is 0 Å². The lowest BCUT2D eigenvalue weighted by Gasteiger charge is -2.35. The second-order valence-electron chi connectivity index (χ2n) is 10.9. The largest absolute Gasteiger partial charge is 0.320 e. The molecule has 0 heterocycles. The minimum absolute atomic E-state index is 0.0479. The second kappa shape index (κ2) is 11.0. The highest BCUT2D eigenvalue weighted by atomic mass is 16.1. The lowest BCUT2D eigenvalue weighted by Crippen LogP contribution is -2.51. The fourth-order valence-corrected chi connectivity index (χ4v) is 4.51. The predicted octanol–water partition coefficient (Wildman–Crippen LogP) is 5.99. The van der Waals surface area contributed by atoms with Gasteiger partial charge in [0.05, 0.1) is 28.2 Å². The van der Waals surface area contributed by atoms with Gasteiger partial charge in [0.1, 0.15) is 25.3 Å². The maximum atomic E-state index is 12.7. The maximum Gasteiger partial charge on any atom is 0.193 e. The number of quaternary nitrogens is 2. The van der Waals surface area contributed by atoms with Crippen molar-refractivity contribution in [2.45, 2.75) is 6.54 Å². The first kappa shape index (κ1) is 26.2. The summed E-state index contributed by atoms with van der Waals surface area (Å²) in [6, 6.07) is 34.8. The van der Waals surface area contributed by atoms with Gasteiger partial charge in [0.15, 0.2) is 11.6 Å². The van der Waals surface area contributed by atoms with Gasteiger partial charge in [0.2, 0.25) is 0 Å².